The molecule has 4 heterocycles. The van der Waals surface area contributed by atoms with Crippen molar-refractivity contribution >= 4 is 17.7 Å². The average molecular weight is 406 g/mol. The van der Waals surface area contributed by atoms with Crippen LogP contribution in [0.5, 0.6) is 0 Å². The van der Waals surface area contributed by atoms with Gasteiger partial charge >= 0.3 is 0 Å². The number of pyridine rings is 1. The number of hydrogen-bond donors (Lipinski definition) is 2. The maximum Gasteiger partial charge on any atom is 0.264 e. The molecule has 0 saturated carbocycles. The molecule has 0 unspecified atom stereocenters. The molecule has 11 heteroatoms. The van der Waals surface area contributed by atoms with E-state index in [0.29, 0.717) is 31.7 Å². The van der Waals surface area contributed by atoms with Crippen LogP contribution in [0, 0.1) is 0 Å². The van der Waals surface area contributed by atoms with Crippen LogP contribution in [0.15, 0.2) is 12.3 Å². The Morgan fingerprint density at radius 3 is 2.66 bits per heavy atom. The fraction of sp³-hybridized carbons (Fsp3) is 0.556. The van der Waals surface area contributed by atoms with Crippen LogP contribution in [0.3, 0.4) is 0 Å². The summed E-state index contributed by atoms with van der Waals surface area (Å²) in [5.41, 5.74) is 5.54. The smallest absolute Gasteiger partial charge is 0.264 e. The summed E-state index contributed by atoms with van der Waals surface area (Å²) in [6.45, 7) is 6.80. The summed E-state index contributed by atoms with van der Waals surface area (Å²) in [5, 5.41) is 3.28. The topological polar surface area (TPSA) is 105 Å². The summed E-state index contributed by atoms with van der Waals surface area (Å²) in [7, 11) is 0. The van der Waals surface area contributed by atoms with Crippen LogP contribution in [0.4, 0.5) is 26.5 Å². The number of piperazine rings is 1. The zero-order valence-electron chi connectivity index (χ0n) is 16.2. The molecule has 9 nitrogen and oxygen atoms in total. The van der Waals surface area contributed by atoms with E-state index in [0.717, 1.165) is 26.2 Å². The molecule has 2 aliphatic heterocycles. The number of hydrogen-bond acceptors (Lipinski definition) is 9. The largest absolute Gasteiger partial charge is 0.384 e. The van der Waals surface area contributed by atoms with Crippen LogP contribution in [-0.2, 0) is 4.74 Å². The summed E-state index contributed by atoms with van der Waals surface area (Å²) >= 11 is 0. The number of nitrogens with zero attached hydrogens (tertiary/aromatic N) is 6. The third-order valence-corrected chi connectivity index (χ3v) is 5.07. The Morgan fingerprint density at radius 2 is 1.93 bits per heavy atom. The van der Waals surface area contributed by atoms with Crippen LogP contribution >= 0.6 is 0 Å². The van der Waals surface area contributed by atoms with Gasteiger partial charge in [0.05, 0.1) is 19.3 Å². The van der Waals surface area contributed by atoms with Crippen molar-refractivity contribution in [2.75, 3.05) is 61.5 Å². The van der Waals surface area contributed by atoms with Crippen LogP contribution in [-0.4, -0.2) is 71.9 Å². The molecule has 29 heavy (non-hydrogen) atoms. The van der Waals surface area contributed by atoms with Crippen molar-refractivity contribution in [3.8, 4) is 11.4 Å². The molecular weight excluding hydrogens is 382 g/mol. The lowest BCUT2D eigenvalue weighted by atomic mass is 10.1. The second-order valence-electron chi connectivity index (χ2n) is 7.11. The summed E-state index contributed by atoms with van der Waals surface area (Å²) in [4.78, 5) is 21.8. The average Bonchev–Trinajstić information content (AvgIpc) is 2.74. The Labute approximate surface area is 167 Å². The Morgan fingerprint density at radius 1 is 1.17 bits per heavy atom. The second-order valence-corrected chi connectivity index (χ2v) is 7.11. The molecule has 0 amide bonds. The number of nitrogen functional groups attached to an aromatic ring is 1. The van der Waals surface area contributed by atoms with E-state index in [1.165, 1.54) is 12.3 Å². The Bertz CT molecular complexity index is 862. The van der Waals surface area contributed by atoms with Gasteiger partial charge in [-0.15, -0.1) is 0 Å². The normalized spacial score (nSPS) is 20.3. The molecule has 2 saturated heterocycles. The van der Waals surface area contributed by atoms with Gasteiger partial charge in [0.2, 0.25) is 11.9 Å². The first-order valence-electron chi connectivity index (χ1n) is 9.63. The van der Waals surface area contributed by atoms with Gasteiger partial charge in [0.1, 0.15) is 5.82 Å². The van der Waals surface area contributed by atoms with Crippen molar-refractivity contribution in [3.63, 3.8) is 0 Å². The molecule has 0 bridgehead atoms. The van der Waals surface area contributed by atoms with E-state index in [1.54, 1.807) is 0 Å². The van der Waals surface area contributed by atoms with Crippen LogP contribution in [0.2, 0.25) is 0 Å². The number of morpholine rings is 1. The van der Waals surface area contributed by atoms with E-state index in [-0.39, 0.29) is 28.8 Å². The molecule has 1 atom stereocenters. The molecule has 2 aromatic heterocycles. The Balaban J connectivity index is 1.81. The van der Waals surface area contributed by atoms with Gasteiger partial charge in [-0.25, -0.2) is 13.8 Å². The molecule has 2 aromatic rings. The van der Waals surface area contributed by atoms with E-state index in [2.05, 4.69) is 25.3 Å². The van der Waals surface area contributed by atoms with Gasteiger partial charge in [0, 0.05) is 50.0 Å². The second kappa shape index (κ2) is 8.37. The van der Waals surface area contributed by atoms with Gasteiger partial charge in [-0.2, -0.15) is 15.0 Å². The summed E-state index contributed by atoms with van der Waals surface area (Å²) in [6.07, 6.45) is -1.42. The fourth-order valence-electron chi connectivity index (χ4n) is 3.49. The van der Waals surface area contributed by atoms with Crippen molar-refractivity contribution < 1.29 is 13.5 Å². The highest BCUT2D eigenvalue weighted by Gasteiger charge is 2.26. The zero-order chi connectivity index (χ0) is 20.4. The number of nitrogens with two attached hydrogens (primary N) is 1. The lowest BCUT2D eigenvalue weighted by molar-refractivity contribution is 0.0981. The minimum Gasteiger partial charge on any atom is -0.384 e. The first-order chi connectivity index (χ1) is 14.0. The third-order valence-electron chi connectivity index (χ3n) is 5.07. The summed E-state index contributed by atoms with van der Waals surface area (Å²) in [6, 6.07) is 1.24. The zero-order valence-corrected chi connectivity index (χ0v) is 16.2. The van der Waals surface area contributed by atoms with Gasteiger partial charge in [-0.05, 0) is 13.0 Å². The first-order valence-corrected chi connectivity index (χ1v) is 9.63. The third kappa shape index (κ3) is 4.20. The van der Waals surface area contributed by atoms with Gasteiger partial charge in [0.15, 0.2) is 5.82 Å². The maximum absolute atomic E-state index is 13.7. The Kier molecular flexibility index (Phi) is 5.67. The molecule has 3 N–H and O–H groups in total. The molecule has 2 aliphatic rings. The van der Waals surface area contributed by atoms with Crippen molar-refractivity contribution in [1.29, 1.82) is 0 Å². The number of aromatic nitrogens is 4. The molecule has 156 valence electrons. The molecule has 0 spiro atoms. The molecule has 0 radical (unpaired) electrons. The van der Waals surface area contributed by atoms with E-state index < -0.39 is 6.43 Å². The van der Waals surface area contributed by atoms with Crippen LogP contribution in [0.1, 0.15) is 18.9 Å². The van der Waals surface area contributed by atoms with Crippen molar-refractivity contribution in [1.82, 2.24) is 25.3 Å². The van der Waals surface area contributed by atoms with Crippen molar-refractivity contribution in [3.05, 3.63) is 17.8 Å². The maximum atomic E-state index is 13.7. The highest BCUT2D eigenvalue weighted by atomic mass is 19.3. The molecule has 0 aliphatic carbocycles. The predicted octanol–water partition coefficient (Wildman–Crippen LogP) is 1.09. The number of nitrogens with one attached hydrogen (secondary N) is 1. The van der Waals surface area contributed by atoms with E-state index >= 15 is 0 Å². The number of rotatable bonds is 4. The van der Waals surface area contributed by atoms with Gasteiger partial charge in [-0.1, -0.05) is 0 Å². The minimum atomic E-state index is -2.72. The van der Waals surface area contributed by atoms with E-state index in [9.17, 15) is 8.78 Å². The molecule has 4 rings (SSSR count). The summed E-state index contributed by atoms with van der Waals surface area (Å²) in [5.74, 6) is 1.13. The van der Waals surface area contributed by atoms with E-state index in [4.69, 9.17) is 10.5 Å². The number of halogens is 2. The van der Waals surface area contributed by atoms with Crippen molar-refractivity contribution in [2.24, 2.45) is 0 Å². The standard InChI is InChI=1S/C18H24F2N8O/c1-11-10-29-7-6-28(11)18-25-16(13-9-23-14(21)8-12(13)15(19)20)24-17(26-18)27-4-2-22-3-5-27/h8-9,11,15,22H,2-7,10H2,1H3,(H2,21,23)/t11-/m0/s1. The minimum absolute atomic E-state index is 0.0301. The fourth-order valence-corrected chi connectivity index (χ4v) is 3.49. The first kappa shape index (κ1) is 19.6. The predicted molar refractivity (Wildman–Crippen MR) is 105 cm³/mol. The lowest BCUT2D eigenvalue weighted by Gasteiger charge is -2.34. The van der Waals surface area contributed by atoms with Gasteiger partial charge in [-0.3, -0.25) is 0 Å². The number of ether oxygens (including phenoxy) is 1. The van der Waals surface area contributed by atoms with E-state index in [1.807, 2.05) is 16.7 Å². The lowest BCUT2D eigenvalue weighted by Crippen LogP contribution is -2.46. The molecule has 0 aromatic carbocycles. The summed E-state index contributed by atoms with van der Waals surface area (Å²) < 4.78 is 32.8. The van der Waals surface area contributed by atoms with Crippen LogP contribution < -0.4 is 20.9 Å². The SMILES string of the molecule is C[C@H]1COCCN1c1nc(-c2cnc(N)cc2C(F)F)nc(N2CCNCC2)n1. The monoisotopic (exact) mass is 406 g/mol. The number of anilines is 3. The van der Waals surface area contributed by atoms with Gasteiger partial charge in [0.25, 0.3) is 6.43 Å². The number of alkyl halides is 2. The van der Waals surface area contributed by atoms with Gasteiger partial charge < -0.3 is 25.6 Å². The molecular formula is C18H24F2N8O. The highest BCUT2D eigenvalue weighted by molar-refractivity contribution is 5.64. The quantitative estimate of drug-likeness (QED) is 0.772. The van der Waals surface area contributed by atoms with Crippen molar-refractivity contribution in [2.45, 2.75) is 19.4 Å². The Hall–Kier alpha value is -2.66. The highest BCUT2D eigenvalue weighted by Crippen LogP contribution is 2.31. The van der Waals surface area contributed by atoms with Crippen LogP contribution in [0.25, 0.3) is 11.4 Å². The molecule has 2 fully saturated rings.